The summed E-state index contributed by atoms with van der Waals surface area (Å²) in [6.07, 6.45) is 2.22. The number of nitrogen functional groups attached to an aromatic ring is 1. The van der Waals surface area contributed by atoms with E-state index in [-0.39, 0.29) is 5.91 Å². The number of nitrogens with two attached hydrogens (primary N) is 1. The fraction of sp³-hybridized carbons (Fsp3) is 0.667. The highest BCUT2D eigenvalue weighted by molar-refractivity contribution is 7.10. The average molecular weight is 268 g/mol. The lowest BCUT2D eigenvalue weighted by molar-refractivity contribution is -0.119. The largest absolute Gasteiger partial charge is 0.383 e. The topological polar surface area (TPSA) is 71.2 Å². The van der Waals surface area contributed by atoms with Crippen LogP contribution >= 0.6 is 11.5 Å². The number of carbonyl (C=O) groups excluding carboxylic acids is 1. The van der Waals surface area contributed by atoms with Crippen LogP contribution in [0.25, 0.3) is 0 Å². The zero-order chi connectivity index (χ0) is 13.1. The lowest BCUT2D eigenvalue weighted by Crippen LogP contribution is -2.38. The number of anilines is 2. The molecule has 0 aliphatic carbocycles. The Balaban J connectivity index is 1.87. The van der Waals surface area contributed by atoms with Crippen molar-refractivity contribution in [3.8, 4) is 0 Å². The molecule has 2 rings (SSSR count). The molecule has 1 aliphatic heterocycles. The summed E-state index contributed by atoms with van der Waals surface area (Å²) in [7, 11) is 0. The highest BCUT2D eigenvalue weighted by Gasteiger charge is 2.22. The van der Waals surface area contributed by atoms with E-state index in [9.17, 15) is 4.79 Å². The first-order valence-electron chi connectivity index (χ1n) is 6.29. The first-order valence-corrected chi connectivity index (χ1v) is 7.06. The molecule has 18 heavy (non-hydrogen) atoms. The number of aromatic nitrogens is 1. The van der Waals surface area contributed by atoms with Crippen molar-refractivity contribution in [2.75, 3.05) is 30.3 Å². The van der Waals surface area contributed by atoms with Crippen LogP contribution < -0.4 is 16.0 Å². The van der Waals surface area contributed by atoms with Gasteiger partial charge in [0.05, 0.1) is 0 Å². The van der Waals surface area contributed by atoms with Crippen LogP contribution in [0.2, 0.25) is 0 Å². The summed E-state index contributed by atoms with van der Waals surface area (Å²) in [6.45, 7) is 6.43. The third kappa shape index (κ3) is 2.93. The summed E-state index contributed by atoms with van der Waals surface area (Å²) in [5, 5.41) is 4.10. The molecule has 0 saturated carbocycles. The molecule has 0 unspecified atom stereocenters. The Labute approximate surface area is 112 Å². The van der Waals surface area contributed by atoms with E-state index < -0.39 is 0 Å². The maximum Gasteiger partial charge on any atom is 0.216 e. The number of amides is 1. The van der Waals surface area contributed by atoms with Crippen molar-refractivity contribution in [3.05, 3.63) is 5.56 Å². The van der Waals surface area contributed by atoms with Crippen molar-refractivity contribution in [1.29, 1.82) is 0 Å². The molecule has 0 radical (unpaired) electrons. The summed E-state index contributed by atoms with van der Waals surface area (Å²) in [5.74, 6) is 1.30. The molecule has 1 aliphatic rings. The molecule has 0 atom stereocenters. The summed E-state index contributed by atoms with van der Waals surface area (Å²) < 4.78 is 4.19. The van der Waals surface area contributed by atoms with E-state index in [0.717, 1.165) is 38.0 Å². The van der Waals surface area contributed by atoms with Crippen LogP contribution in [0, 0.1) is 12.8 Å². The average Bonchev–Trinajstić information content (AvgIpc) is 2.68. The Kier molecular flexibility index (Phi) is 4.06. The zero-order valence-electron chi connectivity index (χ0n) is 10.9. The van der Waals surface area contributed by atoms with Gasteiger partial charge in [0.2, 0.25) is 5.91 Å². The molecular formula is C12H20N4OS. The Morgan fingerprint density at radius 1 is 1.56 bits per heavy atom. The molecule has 0 aromatic carbocycles. The SMILES string of the molecule is CC(=O)NCC1CCN(c2snc(N)c2C)CC1. The Morgan fingerprint density at radius 3 is 2.72 bits per heavy atom. The van der Waals surface area contributed by atoms with E-state index in [2.05, 4.69) is 14.6 Å². The van der Waals surface area contributed by atoms with Crippen molar-refractivity contribution in [3.63, 3.8) is 0 Å². The molecule has 6 heteroatoms. The quantitative estimate of drug-likeness (QED) is 0.869. The predicted molar refractivity (Wildman–Crippen MR) is 74.9 cm³/mol. The Hall–Kier alpha value is -1.30. The zero-order valence-corrected chi connectivity index (χ0v) is 11.7. The Morgan fingerprint density at radius 2 is 2.22 bits per heavy atom. The van der Waals surface area contributed by atoms with Crippen molar-refractivity contribution in [2.24, 2.45) is 5.92 Å². The van der Waals surface area contributed by atoms with Crippen molar-refractivity contribution < 1.29 is 4.79 Å². The molecule has 1 saturated heterocycles. The van der Waals surface area contributed by atoms with E-state index in [0.29, 0.717) is 11.7 Å². The normalized spacial score (nSPS) is 16.9. The van der Waals surface area contributed by atoms with Crippen molar-refractivity contribution in [1.82, 2.24) is 9.69 Å². The minimum atomic E-state index is 0.0588. The van der Waals surface area contributed by atoms with E-state index in [4.69, 9.17) is 5.73 Å². The van der Waals surface area contributed by atoms with Crippen molar-refractivity contribution in [2.45, 2.75) is 26.7 Å². The second-order valence-corrected chi connectivity index (χ2v) is 5.62. The van der Waals surface area contributed by atoms with Gasteiger partial charge in [0.25, 0.3) is 0 Å². The monoisotopic (exact) mass is 268 g/mol. The molecule has 1 aromatic heterocycles. The summed E-state index contributed by atoms with van der Waals surface area (Å²) in [5.41, 5.74) is 6.88. The van der Waals surface area contributed by atoms with Gasteiger partial charge >= 0.3 is 0 Å². The molecular weight excluding hydrogens is 248 g/mol. The molecule has 0 bridgehead atoms. The smallest absolute Gasteiger partial charge is 0.216 e. The van der Waals surface area contributed by atoms with Gasteiger partial charge in [-0.15, -0.1) is 0 Å². The second-order valence-electron chi connectivity index (χ2n) is 4.87. The molecule has 5 nitrogen and oxygen atoms in total. The van der Waals surface area contributed by atoms with Gasteiger partial charge in [-0.1, -0.05) is 0 Å². The van der Waals surface area contributed by atoms with E-state index in [1.54, 1.807) is 6.92 Å². The van der Waals surface area contributed by atoms with Crippen molar-refractivity contribution >= 4 is 28.3 Å². The van der Waals surface area contributed by atoms with Crippen LogP contribution in [-0.4, -0.2) is 29.9 Å². The number of carbonyl (C=O) groups is 1. The summed E-state index contributed by atoms with van der Waals surface area (Å²) in [4.78, 5) is 13.2. The van der Waals surface area contributed by atoms with Gasteiger partial charge in [-0.2, -0.15) is 4.37 Å². The molecule has 3 N–H and O–H groups in total. The first-order chi connectivity index (χ1) is 8.58. The van der Waals surface area contributed by atoms with Gasteiger partial charge in [-0.25, -0.2) is 0 Å². The summed E-state index contributed by atoms with van der Waals surface area (Å²) in [6, 6.07) is 0. The first kappa shape index (κ1) is 13.1. The second kappa shape index (κ2) is 5.56. The molecule has 1 fully saturated rings. The molecule has 0 spiro atoms. The number of hydrogen-bond donors (Lipinski definition) is 2. The number of nitrogens with zero attached hydrogens (tertiary/aromatic N) is 2. The Bertz CT molecular complexity index is 424. The fourth-order valence-electron chi connectivity index (χ4n) is 2.26. The molecule has 1 aromatic rings. The minimum Gasteiger partial charge on any atom is -0.383 e. The van der Waals surface area contributed by atoms with Gasteiger partial charge in [-0.05, 0) is 37.2 Å². The van der Waals surface area contributed by atoms with Crippen LogP contribution in [0.5, 0.6) is 0 Å². The third-order valence-electron chi connectivity index (χ3n) is 3.48. The summed E-state index contributed by atoms with van der Waals surface area (Å²) >= 11 is 1.48. The highest BCUT2D eigenvalue weighted by Crippen LogP contribution is 2.32. The number of nitrogens with one attached hydrogen (secondary N) is 1. The maximum atomic E-state index is 10.9. The standard InChI is InChI=1S/C12H20N4OS/c1-8-11(13)15-18-12(8)16-5-3-10(4-6-16)7-14-9(2)17/h10H,3-7H2,1-2H3,(H2,13,15)(H,14,17). The predicted octanol–water partition coefficient (Wildman–Crippen LogP) is 1.39. The number of hydrogen-bond acceptors (Lipinski definition) is 5. The highest BCUT2D eigenvalue weighted by atomic mass is 32.1. The fourth-order valence-corrected chi connectivity index (χ4v) is 3.12. The van der Waals surface area contributed by atoms with Crippen LogP contribution in [0.15, 0.2) is 0 Å². The van der Waals surface area contributed by atoms with Gasteiger partial charge < -0.3 is 16.0 Å². The molecule has 1 amide bonds. The van der Waals surface area contributed by atoms with E-state index >= 15 is 0 Å². The van der Waals surface area contributed by atoms with Crippen LogP contribution in [0.3, 0.4) is 0 Å². The van der Waals surface area contributed by atoms with E-state index in [1.165, 1.54) is 16.5 Å². The molecule has 100 valence electrons. The number of rotatable bonds is 3. The van der Waals surface area contributed by atoms with Crippen LogP contribution in [0.4, 0.5) is 10.8 Å². The minimum absolute atomic E-state index is 0.0588. The van der Waals surface area contributed by atoms with Gasteiger partial charge in [0.1, 0.15) is 10.8 Å². The number of piperidine rings is 1. The van der Waals surface area contributed by atoms with Gasteiger partial charge in [0, 0.05) is 32.1 Å². The lowest BCUT2D eigenvalue weighted by atomic mass is 9.97. The van der Waals surface area contributed by atoms with Crippen LogP contribution in [-0.2, 0) is 4.79 Å². The van der Waals surface area contributed by atoms with Crippen LogP contribution in [0.1, 0.15) is 25.3 Å². The lowest BCUT2D eigenvalue weighted by Gasteiger charge is -2.32. The van der Waals surface area contributed by atoms with Gasteiger partial charge in [0.15, 0.2) is 0 Å². The maximum absolute atomic E-state index is 10.9. The third-order valence-corrected chi connectivity index (χ3v) is 4.50. The van der Waals surface area contributed by atoms with E-state index in [1.807, 2.05) is 6.92 Å². The van der Waals surface area contributed by atoms with Gasteiger partial charge in [-0.3, -0.25) is 4.79 Å². The molecule has 2 heterocycles.